The van der Waals surface area contributed by atoms with Gasteiger partial charge in [-0.3, -0.25) is 15.2 Å². The van der Waals surface area contributed by atoms with Crippen molar-refractivity contribution in [3.05, 3.63) is 38.4 Å². The second kappa shape index (κ2) is 7.68. The lowest BCUT2D eigenvalue weighted by Gasteiger charge is -2.07. The number of nitrogens with zero attached hydrogens (tertiary/aromatic N) is 4. The molecule has 2 rings (SSSR count). The zero-order valence-electron chi connectivity index (χ0n) is 13.2. The van der Waals surface area contributed by atoms with E-state index in [2.05, 4.69) is 15.3 Å². The molecule has 0 saturated carbocycles. The molecule has 1 heterocycles. The predicted octanol–water partition coefficient (Wildman–Crippen LogP) is 2.79. The van der Waals surface area contributed by atoms with E-state index in [0.717, 1.165) is 6.42 Å². The number of aromatic hydroxyl groups is 1. The van der Waals surface area contributed by atoms with E-state index >= 15 is 0 Å². The van der Waals surface area contributed by atoms with Gasteiger partial charge in [-0.1, -0.05) is 6.92 Å². The highest BCUT2D eigenvalue weighted by Gasteiger charge is 2.19. The molecule has 9 nitrogen and oxygen atoms in total. The van der Waals surface area contributed by atoms with E-state index in [9.17, 15) is 15.2 Å². The summed E-state index contributed by atoms with van der Waals surface area (Å²) in [4.78, 5) is 10.4. The van der Waals surface area contributed by atoms with Crippen LogP contribution in [0, 0.1) is 14.9 Å². The molecule has 0 amide bonds. The zero-order valence-corrected chi connectivity index (χ0v) is 14.0. The van der Waals surface area contributed by atoms with E-state index in [1.807, 2.05) is 6.92 Å². The Bertz CT molecular complexity index is 827. The van der Waals surface area contributed by atoms with Crippen LogP contribution < -0.4 is 4.74 Å². The smallest absolute Gasteiger partial charge is 0.315 e. The molecule has 24 heavy (non-hydrogen) atoms. The lowest BCUT2D eigenvalue weighted by molar-refractivity contribution is -0.386. The van der Waals surface area contributed by atoms with Gasteiger partial charge in [0.15, 0.2) is 11.6 Å². The highest BCUT2D eigenvalue weighted by molar-refractivity contribution is 7.71. The molecular weight excluding hydrogens is 334 g/mol. The fourth-order valence-electron chi connectivity index (χ4n) is 2.05. The lowest BCUT2D eigenvalue weighted by atomic mass is 10.2. The minimum absolute atomic E-state index is 0.0257. The van der Waals surface area contributed by atoms with Crippen LogP contribution in [0.5, 0.6) is 11.5 Å². The SMILES string of the molecule is CCCc1n[nH]c(=S)n1/N=C/c1cc(OCC)c(O)c([N+](=O)[O-])c1. The fourth-order valence-corrected chi connectivity index (χ4v) is 2.24. The Hall–Kier alpha value is -2.75. The van der Waals surface area contributed by atoms with Gasteiger partial charge in [0.05, 0.1) is 17.7 Å². The van der Waals surface area contributed by atoms with E-state index in [0.29, 0.717) is 22.6 Å². The molecule has 1 aromatic heterocycles. The van der Waals surface area contributed by atoms with E-state index in [-0.39, 0.29) is 12.4 Å². The van der Waals surface area contributed by atoms with Crippen LogP contribution in [-0.4, -0.2) is 37.7 Å². The van der Waals surface area contributed by atoms with Crippen LogP contribution in [0.3, 0.4) is 0 Å². The molecule has 0 bridgehead atoms. The summed E-state index contributed by atoms with van der Waals surface area (Å²) in [5.41, 5.74) is -0.0551. The molecule has 0 radical (unpaired) electrons. The quantitative estimate of drug-likeness (QED) is 0.343. The third-order valence-electron chi connectivity index (χ3n) is 3.09. The Morgan fingerprint density at radius 3 is 2.92 bits per heavy atom. The van der Waals surface area contributed by atoms with Gasteiger partial charge >= 0.3 is 5.69 Å². The number of benzene rings is 1. The van der Waals surface area contributed by atoms with Crippen molar-refractivity contribution in [2.75, 3.05) is 6.61 Å². The van der Waals surface area contributed by atoms with Crippen molar-refractivity contribution in [1.29, 1.82) is 0 Å². The van der Waals surface area contributed by atoms with Crippen molar-refractivity contribution in [3.8, 4) is 11.5 Å². The van der Waals surface area contributed by atoms with Crippen molar-refractivity contribution < 1.29 is 14.8 Å². The van der Waals surface area contributed by atoms with Crippen molar-refractivity contribution in [3.63, 3.8) is 0 Å². The van der Waals surface area contributed by atoms with E-state index in [1.165, 1.54) is 23.0 Å². The van der Waals surface area contributed by atoms with Crippen molar-refractivity contribution in [1.82, 2.24) is 14.9 Å². The molecule has 2 N–H and O–H groups in total. The minimum Gasteiger partial charge on any atom is -0.500 e. The van der Waals surface area contributed by atoms with Gasteiger partial charge in [-0.15, -0.1) is 0 Å². The minimum atomic E-state index is -0.679. The maximum Gasteiger partial charge on any atom is 0.315 e. The number of ether oxygens (including phenoxy) is 1. The Kier molecular flexibility index (Phi) is 5.64. The number of nitro benzene ring substituents is 1. The lowest BCUT2D eigenvalue weighted by Crippen LogP contribution is -2.00. The van der Waals surface area contributed by atoms with Crippen LogP contribution in [0.2, 0.25) is 0 Å². The van der Waals surface area contributed by atoms with Gasteiger partial charge in [0, 0.05) is 18.1 Å². The number of hydrogen-bond acceptors (Lipinski definition) is 7. The number of aryl methyl sites for hydroxylation is 1. The average Bonchev–Trinajstić information content (AvgIpc) is 2.88. The number of H-pyrrole nitrogens is 1. The first kappa shape index (κ1) is 17.6. The molecule has 1 aromatic carbocycles. The van der Waals surface area contributed by atoms with Crippen molar-refractivity contribution in [2.45, 2.75) is 26.7 Å². The number of hydrogen-bond donors (Lipinski definition) is 2. The van der Waals surface area contributed by atoms with Crippen LogP contribution in [0.15, 0.2) is 17.2 Å². The highest BCUT2D eigenvalue weighted by Crippen LogP contribution is 2.36. The average molecular weight is 351 g/mol. The van der Waals surface area contributed by atoms with Crippen molar-refractivity contribution in [2.24, 2.45) is 5.10 Å². The molecular formula is C14H17N5O4S. The van der Waals surface area contributed by atoms with E-state index < -0.39 is 16.4 Å². The molecule has 0 saturated heterocycles. The Labute approximate surface area is 142 Å². The van der Waals surface area contributed by atoms with Crippen LogP contribution >= 0.6 is 12.2 Å². The second-order valence-corrected chi connectivity index (χ2v) is 5.21. The molecule has 0 atom stereocenters. The molecule has 10 heteroatoms. The first-order valence-electron chi connectivity index (χ1n) is 7.32. The van der Waals surface area contributed by atoms with Gasteiger partial charge in [0.1, 0.15) is 0 Å². The number of aromatic nitrogens is 3. The normalized spacial score (nSPS) is 11.1. The standard InChI is InChI=1S/C14H17N5O4S/c1-3-5-12-16-17-14(24)18(12)15-8-9-6-10(19(21)22)13(20)11(7-9)23-4-2/h6-8,20H,3-5H2,1-2H3,(H,17,24)/b15-8+. The molecule has 0 fully saturated rings. The fraction of sp³-hybridized carbons (Fsp3) is 0.357. The van der Waals surface area contributed by atoms with Gasteiger partial charge in [-0.2, -0.15) is 14.9 Å². The summed E-state index contributed by atoms with van der Waals surface area (Å²) in [5.74, 6) is 0.181. The predicted molar refractivity (Wildman–Crippen MR) is 90.3 cm³/mol. The molecule has 0 aliphatic rings. The number of rotatable bonds is 7. The zero-order chi connectivity index (χ0) is 17.7. The van der Waals surface area contributed by atoms with E-state index in [1.54, 1.807) is 6.92 Å². The van der Waals surface area contributed by atoms with Crippen LogP contribution in [-0.2, 0) is 6.42 Å². The van der Waals surface area contributed by atoms with Crippen molar-refractivity contribution >= 4 is 24.1 Å². The first-order chi connectivity index (χ1) is 11.5. The maximum atomic E-state index is 11.1. The molecule has 2 aromatic rings. The van der Waals surface area contributed by atoms with Crippen LogP contribution in [0.4, 0.5) is 5.69 Å². The number of phenolic OH excluding ortho intramolecular Hbond substituents is 1. The van der Waals surface area contributed by atoms with Gasteiger partial charge < -0.3 is 9.84 Å². The summed E-state index contributed by atoms with van der Waals surface area (Å²) in [6.45, 7) is 3.98. The Balaban J connectivity index is 2.44. The molecule has 0 aliphatic carbocycles. The third-order valence-corrected chi connectivity index (χ3v) is 3.35. The molecule has 128 valence electrons. The van der Waals surface area contributed by atoms with Gasteiger partial charge in [-0.25, -0.2) is 0 Å². The number of nitrogens with one attached hydrogen (secondary N) is 1. The largest absolute Gasteiger partial charge is 0.500 e. The monoisotopic (exact) mass is 351 g/mol. The molecule has 0 aliphatic heterocycles. The number of phenols is 1. The van der Waals surface area contributed by atoms with Crippen LogP contribution in [0.25, 0.3) is 0 Å². The first-order valence-corrected chi connectivity index (χ1v) is 7.73. The Morgan fingerprint density at radius 1 is 1.54 bits per heavy atom. The summed E-state index contributed by atoms with van der Waals surface area (Å²) in [5, 5.41) is 31.9. The summed E-state index contributed by atoms with van der Waals surface area (Å²) in [6, 6.07) is 2.68. The summed E-state index contributed by atoms with van der Waals surface area (Å²) >= 11 is 5.12. The molecule has 0 spiro atoms. The van der Waals surface area contributed by atoms with E-state index in [4.69, 9.17) is 17.0 Å². The second-order valence-electron chi connectivity index (χ2n) is 4.83. The summed E-state index contributed by atoms with van der Waals surface area (Å²) in [7, 11) is 0. The summed E-state index contributed by atoms with van der Waals surface area (Å²) < 4.78 is 7.01. The molecule has 0 unspecified atom stereocenters. The number of nitro groups is 1. The maximum absolute atomic E-state index is 11.1. The van der Waals surface area contributed by atoms with Gasteiger partial charge in [-0.05, 0) is 31.6 Å². The third kappa shape index (κ3) is 3.77. The Morgan fingerprint density at radius 2 is 2.29 bits per heavy atom. The van der Waals surface area contributed by atoms with Gasteiger partial charge in [0.2, 0.25) is 10.5 Å². The highest BCUT2D eigenvalue weighted by atomic mass is 32.1. The summed E-state index contributed by atoms with van der Waals surface area (Å²) in [6.07, 6.45) is 2.96. The number of aromatic amines is 1. The van der Waals surface area contributed by atoms with Gasteiger partial charge in [0.25, 0.3) is 0 Å². The van der Waals surface area contributed by atoms with Crippen LogP contribution in [0.1, 0.15) is 31.7 Å². The topological polar surface area (TPSA) is 119 Å².